The van der Waals surface area contributed by atoms with Crippen LogP contribution in [0.25, 0.3) is 0 Å². The van der Waals surface area contributed by atoms with Crippen molar-refractivity contribution < 1.29 is 4.79 Å². The van der Waals surface area contributed by atoms with Gasteiger partial charge in [-0.3, -0.25) is 9.78 Å². The van der Waals surface area contributed by atoms with Crippen LogP contribution in [0.1, 0.15) is 18.0 Å². The van der Waals surface area contributed by atoms with E-state index in [9.17, 15) is 4.79 Å². The fraction of sp³-hybridized carbons (Fsp3) is 0.455. The molecule has 1 aromatic rings. The smallest absolute Gasteiger partial charge is 0.244 e. The predicted molar refractivity (Wildman–Crippen MR) is 57.2 cm³/mol. The molecule has 0 saturated carbocycles. The molecule has 0 radical (unpaired) electrons. The number of nitrogens with zero attached hydrogens (tertiary/aromatic N) is 2. The number of pyridine rings is 1. The normalized spacial score (nSPS) is 22.6. The molecule has 4 heteroatoms. The third kappa shape index (κ3) is 2.15. The van der Waals surface area contributed by atoms with E-state index < -0.39 is 0 Å². The first-order chi connectivity index (χ1) is 7.29. The van der Waals surface area contributed by atoms with Crippen LogP contribution in [0.2, 0.25) is 0 Å². The fourth-order valence-electron chi connectivity index (χ4n) is 1.79. The van der Waals surface area contributed by atoms with Crippen LogP contribution in [-0.4, -0.2) is 35.9 Å². The zero-order chi connectivity index (χ0) is 10.7. The standard InChI is InChI=1S/C11H15N3O/c1-14-7-3-6-13-10(11(14)15)9-4-2-5-12-8-9/h2,4-5,8,10,13H,3,6-7H2,1H3. The van der Waals surface area contributed by atoms with Gasteiger partial charge in [-0.15, -0.1) is 0 Å². The van der Waals surface area contributed by atoms with Crippen LogP contribution in [0.3, 0.4) is 0 Å². The van der Waals surface area contributed by atoms with Crippen LogP contribution < -0.4 is 5.32 Å². The second kappa shape index (κ2) is 4.40. The minimum absolute atomic E-state index is 0.125. The second-order valence-electron chi connectivity index (χ2n) is 3.79. The maximum absolute atomic E-state index is 12.0. The Balaban J connectivity index is 2.23. The lowest BCUT2D eigenvalue weighted by Gasteiger charge is -2.19. The lowest BCUT2D eigenvalue weighted by Crippen LogP contribution is -2.35. The van der Waals surface area contributed by atoms with E-state index in [1.165, 1.54) is 0 Å². The molecule has 15 heavy (non-hydrogen) atoms. The molecule has 1 N–H and O–H groups in total. The number of rotatable bonds is 1. The summed E-state index contributed by atoms with van der Waals surface area (Å²) in [7, 11) is 1.85. The molecule has 4 nitrogen and oxygen atoms in total. The van der Waals surface area contributed by atoms with Gasteiger partial charge >= 0.3 is 0 Å². The Morgan fingerprint density at radius 3 is 3.20 bits per heavy atom. The summed E-state index contributed by atoms with van der Waals surface area (Å²) in [6, 6.07) is 3.56. The van der Waals surface area contributed by atoms with Crippen molar-refractivity contribution in [2.24, 2.45) is 0 Å². The molecule has 1 aromatic heterocycles. The molecule has 1 unspecified atom stereocenters. The average Bonchev–Trinajstić information content (AvgIpc) is 2.44. The Morgan fingerprint density at radius 2 is 2.47 bits per heavy atom. The topological polar surface area (TPSA) is 45.2 Å². The maximum Gasteiger partial charge on any atom is 0.244 e. The van der Waals surface area contributed by atoms with E-state index in [0.717, 1.165) is 25.1 Å². The molecule has 2 rings (SSSR count). The van der Waals surface area contributed by atoms with Crippen molar-refractivity contribution in [2.75, 3.05) is 20.1 Å². The van der Waals surface area contributed by atoms with E-state index in [2.05, 4.69) is 10.3 Å². The number of hydrogen-bond acceptors (Lipinski definition) is 3. The summed E-state index contributed by atoms with van der Waals surface area (Å²) in [5, 5.41) is 3.25. The van der Waals surface area contributed by atoms with Gasteiger partial charge in [0.05, 0.1) is 0 Å². The van der Waals surface area contributed by atoms with Gasteiger partial charge in [-0.05, 0) is 24.6 Å². The van der Waals surface area contributed by atoms with Crippen LogP contribution in [-0.2, 0) is 4.79 Å². The molecule has 2 heterocycles. The van der Waals surface area contributed by atoms with Crippen LogP contribution in [0.5, 0.6) is 0 Å². The zero-order valence-corrected chi connectivity index (χ0v) is 8.81. The van der Waals surface area contributed by atoms with E-state index in [-0.39, 0.29) is 11.9 Å². The van der Waals surface area contributed by atoms with Crippen molar-refractivity contribution in [3.8, 4) is 0 Å². The van der Waals surface area contributed by atoms with Gasteiger partial charge in [0.15, 0.2) is 0 Å². The van der Waals surface area contributed by atoms with Crippen molar-refractivity contribution in [3.05, 3.63) is 30.1 Å². The summed E-state index contributed by atoms with van der Waals surface area (Å²) in [6.45, 7) is 1.69. The summed E-state index contributed by atoms with van der Waals surface area (Å²) < 4.78 is 0. The molecule has 1 saturated heterocycles. The number of carbonyl (C=O) groups is 1. The van der Waals surface area contributed by atoms with Gasteiger partial charge in [0.25, 0.3) is 0 Å². The number of amides is 1. The lowest BCUT2D eigenvalue weighted by atomic mass is 10.1. The summed E-state index contributed by atoms with van der Waals surface area (Å²) in [4.78, 5) is 17.8. The van der Waals surface area contributed by atoms with Gasteiger partial charge in [0.1, 0.15) is 6.04 Å². The van der Waals surface area contributed by atoms with E-state index in [1.807, 2.05) is 19.2 Å². The van der Waals surface area contributed by atoms with Crippen LogP contribution in [0.4, 0.5) is 0 Å². The highest BCUT2D eigenvalue weighted by molar-refractivity contribution is 5.83. The number of aromatic nitrogens is 1. The number of hydrogen-bond donors (Lipinski definition) is 1. The minimum Gasteiger partial charge on any atom is -0.344 e. The van der Waals surface area contributed by atoms with Crippen molar-refractivity contribution in [2.45, 2.75) is 12.5 Å². The Morgan fingerprint density at radius 1 is 1.60 bits per heavy atom. The predicted octanol–water partition coefficient (Wildman–Crippen LogP) is 0.574. The second-order valence-corrected chi connectivity index (χ2v) is 3.79. The number of carbonyl (C=O) groups excluding carboxylic acids is 1. The third-order valence-corrected chi connectivity index (χ3v) is 2.66. The number of likely N-dealkylation sites (N-methyl/N-ethyl adjacent to an activating group) is 1. The molecule has 1 fully saturated rings. The largest absolute Gasteiger partial charge is 0.344 e. The van der Waals surface area contributed by atoms with Gasteiger partial charge in [-0.25, -0.2) is 0 Å². The molecule has 80 valence electrons. The Bertz CT molecular complexity index is 339. The molecule has 1 atom stereocenters. The molecule has 1 amide bonds. The van der Waals surface area contributed by atoms with Crippen molar-refractivity contribution in [3.63, 3.8) is 0 Å². The highest BCUT2D eigenvalue weighted by atomic mass is 16.2. The van der Waals surface area contributed by atoms with E-state index in [4.69, 9.17) is 0 Å². The van der Waals surface area contributed by atoms with Gasteiger partial charge < -0.3 is 10.2 Å². The van der Waals surface area contributed by atoms with Crippen molar-refractivity contribution >= 4 is 5.91 Å². The first-order valence-corrected chi connectivity index (χ1v) is 5.17. The molecular formula is C11H15N3O. The summed E-state index contributed by atoms with van der Waals surface area (Å²) in [6.07, 6.45) is 4.46. The van der Waals surface area contributed by atoms with Gasteiger partial charge in [0, 0.05) is 26.0 Å². The minimum atomic E-state index is -0.230. The SMILES string of the molecule is CN1CCCNC(c2cccnc2)C1=O. The Labute approximate surface area is 89.3 Å². The van der Waals surface area contributed by atoms with Gasteiger partial charge in [-0.2, -0.15) is 0 Å². The van der Waals surface area contributed by atoms with Crippen LogP contribution in [0.15, 0.2) is 24.5 Å². The fourth-order valence-corrected chi connectivity index (χ4v) is 1.79. The lowest BCUT2D eigenvalue weighted by molar-refractivity contribution is -0.131. The summed E-state index contributed by atoms with van der Waals surface area (Å²) in [5.41, 5.74) is 0.941. The average molecular weight is 205 g/mol. The zero-order valence-electron chi connectivity index (χ0n) is 8.81. The van der Waals surface area contributed by atoms with Crippen molar-refractivity contribution in [1.82, 2.24) is 15.2 Å². The van der Waals surface area contributed by atoms with Crippen LogP contribution in [0, 0.1) is 0 Å². The maximum atomic E-state index is 12.0. The van der Waals surface area contributed by atoms with E-state index in [1.54, 1.807) is 17.3 Å². The highest BCUT2D eigenvalue weighted by Gasteiger charge is 2.25. The van der Waals surface area contributed by atoms with Crippen molar-refractivity contribution in [1.29, 1.82) is 0 Å². The van der Waals surface area contributed by atoms with Gasteiger partial charge in [0.2, 0.25) is 5.91 Å². The molecule has 1 aliphatic rings. The van der Waals surface area contributed by atoms with E-state index in [0.29, 0.717) is 0 Å². The molecule has 1 aliphatic heterocycles. The highest BCUT2D eigenvalue weighted by Crippen LogP contribution is 2.16. The first-order valence-electron chi connectivity index (χ1n) is 5.17. The molecular weight excluding hydrogens is 190 g/mol. The molecule has 0 bridgehead atoms. The first kappa shape index (κ1) is 10.1. The Hall–Kier alpha value is -1.42. The van der Waals surface area contributed by atoms with Crippen LogP contribution >= 0.6 is 0 Å². The van der Waals surface area contributed by atoms with Gasteiger partial charge in [-0.1, -0.05) is 6.07 Å². The number of nitrogens with one attached hydrogen (secondary N) is 1. The quantitative estimate of drug-likeness (QED) is 0.729. The third-order valence-electron chi connectivity index (χ3n) is 2.66. The molecule has 0 spiro atoms. The Kier molecular flexibility index (Phi) is 2.97. The monoisotopic (exact) mass is 205 g/mol. The summed E-state index contributed by atoms with van der Waals surface area (Å²) in [5.74, 6) is 0.125. The molecule has 0 aromatic carbocycles. The molecule has 0 aliphatic carbocycles. The van der Waals surface area contributed by atoms with E-state index >= 15 is 0 Å². The summed E-state index contributed by atoms with van der Waals surface area (Å²) >= 11 is 0.